The Kier molecular flexibility index (Phi) is 6.51. The lowest BCUT2D eigenvalue weighted by molar-refractivity contribution is -0.165. The maximum absolute atomic E-state index is 12.3. The summed E-state index contributed by atoms with van der Waals surface area (Å²) in [6.07, 6.45) is 1.18. The fraction of sp³-hybridized carbons (Fsp3) is 0.786. The van der Waals surface area contributed by atoms with Crippen molar-refractivity contribution in [3.8, 4) is 0 Å². The maximum atomic E-state index is 12.3. The Morgan fingerprint density at radius 1 is 1.62 bits per heavy atom. The van der Waals surface area contributed by atoms with Gasteiger partial charge in [0.2, 0.25) is 0 Å². The summed E-state index contributed by atoms with van der Waals surface area (Å²) in [5.41, 5.74) is 4.23. The molecule has 6 nitrogen and oxygen atoms in total. The van der Waals surface area contributed by atoms with Crippen LogP contribution in [0.1, 0.15) is 40.0 Å². The molecule has 2 unspecified atom stereocenters. The lowest BCUT2D eigenvalue weighted by Gasteiger charge is -2.23. The van der Waals surface area contributed by atoms with E-state index in [0.29, 0.717) is 24.5 Å². The molecule has 2 atom stereocenters. The summed E-state index contributed by atoms with van der Waals surface area (Å²) < 4.78 is 10.4. The molecule has 0 bridgehead atoms. The van der Waals surface area contributed by atoms with Crippen molar-refractivity contribution in [2.24, 2.45) is 17.1 Å². The van der Waals surface area contributed by atoms with E-state index in [0.717, 1.165) is 6.42 Å². The predicted molar refractivity (Wildman–Crippen MR) is 81.2 cm³/mol. The van der Waals surface area contributed by atoms with E-state index in [1.807, 2.05) is 0 Å². The number of esters is 2. The average molecular weight is 317 g/mol. The highest BCUT2D eigenvalue weighted by atomic mass is 32.2. The third-order valence-corrected chi connectivity index (χ3v) is 4.36. The van der Waals surface area contributed by atoms with Crippen molar-refractivity contribution in [2.75, 3.05) is 12.4 Å². The summed E-state index contributed by atoms with van der Waals surface area (Å²) in [6, 6.07) is 0. The number of hydrogen-bond donors (Lipinski definition) is 2. The lowest BCUT2D eigenvalue weighted by Crippen LogP contribution is -2.43. The van der Waals surface area contributed by atoms with Gasteiger partial charge in [-0.25, -0.2) is 0 Å². The number of amidine groups is 1. The van der Waals surface area contributed by atoms with Crippen molar-refractivity contribution in [1.82, 2.24) is 0 Å². The molecular formula is C14H25N2O4S+. The number of rotatable bonds is 7. The predicted octanol–water partition coefficient (Wildman–Crippen LogP) is 0.0946. The summed E-state index contributed by atoms with van der Waals surface area (Å²) in [6.45, 7) is 6.08. The molecule has 0 amide bonds. The minimum atomic E-state index is -1.17. The summed E-state index contributed by atoms with van der Waals surface area (Å²) >= 11 is 1.22. The fourth-order valence-electron chi connectivity index (χ4n) is 2.34. The third kappa shape index (κ3) is 4.62. The zero-order valence-corrected chi connectivity index (χ0v) is 13.7. The molecule has 0 spiro atoms. The van der Waals surface area contributed by atoms with Crippen LogP contribution in [0.5, 0.6) is 0 Å². The van der Waals surface area contributed by atoms with Gasteiger partial charge in [-0.1, -0.05) is 13.8 Å². The Morgan fingerprint density at radius 3 is 2.81 bits per heavy atom. The second-order valence-electron chi connectivity index (χ2n) is 5.68. The molecule has 0 aliphatic carbocycles. The van der Waals surface area contributed by atoms with Crippen molar-refractivity contribution >= 4 is 28.9 Å². The third-order valence-electron chi connectivity index (χ3n) is 3.49. The Bertz CT molecular complexity index is 414. The SMILES string of the molecule is CCOC(=O)C1(CCC(C)C)CC(CSC(N)=[NH2+])OC1=O. The number of thioether (sulfide) groups is 1. The van der Waals surface area contributed by atoms with Crippen molar-refractivity contribution < 1.29 is 24.5 Å². The second kappa shape index (κ2) is 7.68. The Labute approximate surface area is 129 Å². The van der Waals surface area contributed by atoms with E-state index >= 15 is 0 Å². The highest BCUT2D eigenvalue weighted by Crippen LogP contribution is 2.41. The van der Waals surface area contributed by atoms with Crippen LogP contribution in [0.25, 0.3) is 0 Å². The van der Waals surface area contributed by atoms with Crippen molar-refractivity contribution in [3.05, 3.63) is 0 Å². The van der Waals surface area contributed by atoms with Gasteiger partial charge in [-0.15, -0.1) is 0 Å². The van der Waals surface area contributed by atoms with Gasteiger partial charge in [0.05, 0.1) is 6.61 Å². The Hall–Kier alpha value is -1.24. The second-order valence-corrected chi connectivity index (χ2v) is 6.77. The van der Waals surface area contributed by atoms with E-state index in [1.54, 1.807) is 6.92 Å². The molecule has 7 heteroatoms. The normalized spacial score (nSPS) is 25.0. The zero-order chi connectivity index (χ0) is 16.0. The van der Waals surface area contributed by atoms with Gasteiger partial charge in [0.25, 0.3) is 5.17 Å². The van der Waals surface area contributed by atoms with E-state index in [9.17, 15) is 9.59 Å². The molecule has 1 fully saturated rings. The van der Waals surface area contributed by atoms with Crippen LogP contribution >= 0.6 is 11.8 Å². The van der Waals surface area contributed by atoms with Gasteiger partial charge < -0.3 is 9.47 Å². The van der Waals surface area contributed by atoms with Crippen LogP contribution in [0.3, 0.4) is 0 Å². The van der Waals surface area contributed by atoms with Crippen molar-refractivity contribution in [2.45, 2.75) is 46.1 Å². The molecule has 1 heterocycles. The molecule has 1 rings (SSSR count). The molecule has 21 heavy (non-hydrogen) atoms. The van der Waals surface area contributed by atoms with E-state index in [4.69, 9.17) is 20.6 Å². The maximum Gasteiger partial charge on any atom is 0.323 e. The number of carbonyl (C=O) groups is 2. The molecule has 0 radical (unpaired) electrons. The first-order chi connectivity index (χ1) is 9.81. The molecule has 0 aromatic carbocycles. The molecule has 120 valence electrons. The number of hydrogen-bond acceptors (Lipinski definition) is 5. The number of nitrogens with two attached hydrogens (primary N) is 2. The first-order valence-electron chi connectivity index (χ1n) is 7.20. The monoisotopic (exact) mass is 317 g/mol. The number of carbonyl (C=O) groups excluding carboxylic acids is 2. The molecule has 0 aromatic rings. The standard InChI is InChI=1S/C14H24N2O4S/c1-4-19-11(17)14(6-5-9(2)3)7-10(20-12(14)18)8-21-13(15)16/h9-10H,4-8H2,1-3H3,(H3,15,16)/p+1. The van der Waals surface area contributed by atoms with Gasteiger partial charge in [0.15, 0.2) is 5.41 Å². The average Bonchev–Trinajstić information content (AvgIpc) is 2.72. The molecular weight excluding hydrogens is 292 g/mol. The quantitative estimate of drug-likeness (QED) is 0.298. The van der Waals surface area contributed by atoms with Gasteiger partial charge in [-0.05, 0) is 37.4 Å². The van der Waals surface area contributed by atoms with Crippen LogP contribution in [0.4, 0.5) is 0 Å². The molecule has 4 N–H and O–H groups in total. The van der Waals surface area contributed by atoms with Crippen LogP contribution in [0, 0.1) is 11.3 Å². The smallest absolute Gasteiger partial charge is 0.323 e. The topological polar surface area (TPSA) is 104 Å². The van der Waals surface area contributed by atoms with E-state index in [1.165, 1.54) is 11.8 Å². The van der Waals surface area contributed by atoms with E-state index < -0.39 is 17.4 Å². The van der Waals surface area contributed by atoms with Crippen LogP contribution in [-0.2, 0) is 19.1 Å². The Morgan fingerprint density at radius 2 is 2.29 bits per heavy atom. The van der Waals surface area contributed by atoms with Crippen LogP contribution in [-0.4, -0.2) is 35.6 Å². The minimum absolute atomic E-state index is 0.224. The molecule has 1 aliphatic heterocycles. The summed E-state index contributed by atoms with van der Waals surface area (Å²) in [4.78, 5) is 24.6. The summed E-state index contributed by atoms with van der Waals surface area (Å²) in [5, 5.41) is 5.63. The summed E-state index contributed by atoms with van der Waals surface area (Å²) in [7, 11) is 0. The van der Waals surface area contributed by atoms with Crippen molar-refractivity contribution in [3.63, 3.8) is 0 Å². The largest absolute Gasteiger partial charge is 0.465 e. The van der Waals surface area contributed by atoms with Crippen LogP contribution < -0.4 is 11.1 Å². The fourth-order valence-corrected chi connectivity index (χ4v) is 2.90. The van der Waals surface area contributed by atoms with Gasteiger partial charge in [0.1, 0.15) is 6.10 Å². The minimum Gasteiger partial charge on any atom is -0.465 e. The number of cyclic esters (lactones) is 1. The van der Waals surface area contributed by atoms with Crippen molar-refractivity contribution in [1.29, 1.82) is 0 Å². The van der Waals surface area contributed by atoms with E-state index in [2.05, 4.69) is 13.8 Å². The first-order valence-corrected chi connectivity index (χ1v) is 8.19. The highest BCUT2D eigenvalue weighted by molar-refractivity contribution is 8.13. The zero-order valence-electron chi connectivity index (χ0n) is 12.9. The molecule has 1 aliphatic rings. The van der Waals surface area contributed by atoms with Gasteiger partial charge in [-0.3, -0.25) is 20.7 Å². The van der Waals surface area contributed by atoms with Gasteiger partial charge in [0, 0.05) is 12.2 Å². The van der Waals surface area contributed by atoms with Gasteiger partial charge in [-0.2, -0.15) is 0 Å². The highest BCUT2D eigenvalue weighted by Gasteiger charge is 2.55. The van der Waals surface area contributed by atoms with Crippen LogP contribution in [0.15, 0.2) is 0 Å². The molecule has 0 aromatic heterocycles. The molecule has 0 saturated carbocycles. The van der Waals surface area contributed by atoms with Gasteiger partial charge >= 0.3 is 11.9 Å². The molecule has 1 saturated heterocycles. The van der Waals surface area contributed by atoms with E-state index in [-0.39, 0.29) is 17.9 Å². The Balaban J connectivity index is 2.83. The lowest BCUT2D eigenvalue weighted by atomic mass is 9.79. The number of ether oxygens (including phenoxy) is 2. The first kappa shape index (κ1) is 17.8. The van der Waals surface area contributed by atoms with Crippen LogP contribution in [0.2, 0.25) is 0 Å². The summed E-state index contributed by atoms with van der Waals surface area (Å²) in [5.74, 6) is -0.113.